The summed E-state index contributed by atoms with van der Waals surface area (Å²) in [6.07, 6.45) is 0. The van der Waals surface area contributed by atoms with E-state index >= 15 is 0 Å². The third kappa shape index (κ3) is 4.25. The molecule has 0 amide bonds. The number of rotatable bonds is 4. The largest absolute Gasteiger partial charge is 0.456 e. The van der Waals surface area contributed by atoms with E-state index in [1.807, 2.05) is 12.1 Å². The molecule has 3 heterocycles. The van der Waals surface area contributed by atoms with E-state index in [2.05, 4.69) is 179 Å². The summed E-state index contributed by atoms with van der Waals surface area (Å²) in [4.78, 5) is 0. The molecule has 0 aliphatic rings. The molecule has 0 radical (unpaired) electrons. The minimum absolute atomic E-state index is 0.917. The van der Waals surface area contributed by atoms with Crippen molar-refractivity contribution in [2.45, 2.75) is 0 Å². The fourth-order valence-corrected chi connectivity index (χ4v) is 8.15. The van der Waals surface area contributed by atoms with E-state index in [0.717, 1.165) is 27.6 Å². The van der Waals surface area contributed by atoms with Crippen LogP contribution in [0.5, 0.6) is 0 Å². The number of aromatic nitrogens is 2. The highest BCUT2D eigenvalue weighted by atomic mass is 16.3. The molecule has 238 valence electrons. The van der Waals surface area contributed by atoms with E-state index in [4.69, 9.17) is 4.42 Å². The van der Waals surface area contributed by atoms with Crippen molar-refractivity contribution < 1.29 is 4.42 Å². The Morgan fingerprint density at radius 1 is 0.275 bits per heavy atom. The molecule has 8 aromatic carbocycles. The van der Waals surface area contributed by atoms with Crippen molar-refractivity contribution in [3.63, 3.8) is 0 Å². The summed E-state index contributed by atoms with van der Waals surface area (Å²) < 4.78 is 10.9. The second-order valence-corrected chi connectivity index (χ2v) is 13.4. The fourth-order valence-electron chi connectivity index (χ4n) is 8.15. The molecule has 3 heteroatoms. The molecule has 0 N–H and O–H groups in total. The SMILES string of the molecule is c1ccc(-n2c3ccccc3c3cc(-c4ccc(-n5c6ccccc6c6cc(-c7ccc8oc9ccccc9c8c7)ccc65)cc4)ccc32)cc1. The topological polar surface area (TPSA) is 23.0 Å². The second kappa shape index (κ2) is 10.8. The van der Waals surface area contributed by atoms with Crippen LogP contribution < -0.4 is 0 Å². The molecule has 0 unspecified atom stereocenters. The van der Waals surface area contributed by atoms with Crippen molar-refractivity contribution in [2.75, 3.05) is 0 Å². The molecule has 0 saturated heterocycles. The first-order chi connectivity index (χ1) is 25.3. The minimum atomic E-state index is 0.917. The van der Waals surface area contributed by atoms with Gasteiger partial charge in [-0.05, 0) is 101 Å². The average molecular weight is 651 g/mol. The fraction of sp³-hybridized carbons (Fsp3) is 0. The zero-order valence-corrected chi connectivity index (χ0v) is 27.6. The van der Waals surface area contributed by atoms with Crippen molar-refractivity contribution in [3.05, 3.63) is 182 Å². The van der Waals surface area contributed by atoms with Gasteiger partial charge in [0, 0.05) is 43.7 Å². The van der Waals surface area contributed by atoms with Crippen LogP contribution in [0.1, 0.15) is 0 Å². The van der Waals surface area contributed by atoms with Gasteiger partial charge in [0.1, 0.15) is 11.2 Å². The Hall–Kier alpha value is -6.84. The van der Waals surface area contributed by atoms with Crippen molar-refractivity contribution >= 4 is 65.6 Å². The van der Waals surface area contributed by atoms with Gasteiger partial charge in [-0.15, -0.1) is 0 Å². The van der Waals surface area contributed by atoms with Gasteiger partial charge in [-0.25, -0.2) is 0 Å². The Bertz CT molecular complexity index is 3120. The molecule has 0 aliphatic carbocycles. The summed E-state index contributed by atoms with van der Waals surface area (Å²) in [5.74, 6) is 0. The molecular weight excluding hydrogens is 621 g/mol. The zero-order chi connectivity index (χ0) is 33.5. The molecule has 0 bridgehead atoms. The first-order valence-corrected chi connectivity index (χ1v) is 17.4. The van der Waals surface area contributed by atoms with E-state index in [0.29, 0.717) is 0 Å². The molecule has 0 saturated carbocycles. The van der Waals surface area contributed by atoms with Crippen molar-refractivity contribution in [1.29, 1.82) is 0 Å². The van der Waals surface area contributed by atoms with Crippen LogP contribution in [0.4, 0.5) is 0 Å². The number of fused-ring (bicyclic) bond motifs is 9. The Morgan fingerprint density at radius 2 is 0.706 bits per heavy atom. The molecule has 0 fully saturated rings. The number of benzene rings is 8. The van der Waals surface area contributed by atoms with Gasteiger partial charge in [-0.1, -0.05) is 103 Å². The number of nitrogens with zero attached hydrogens (tertiary/aromatic N) is 2. The van der Waals surface area contributed by atoms with Crippen LogP contribution in [-0.4, -0.2) is 9.13 Å². The van der Waals surface area contributed by atoms with E-state index in [1.165, 1.54) is 71.6 Å². The van der Waals surface area contributed by atoms with Crippen molar-refractivity contribution in [1.82, 2.24) is 9.13 Å². The molecule has 3 aromatic heterocycles. The summed E-state index contributed by atoms with van der Waals surface area (Å²) in [5.41, 5.74) is 13.8. The van der Waals surface area contributed by atoms with Gasteiger partial charge in [-0.2, -0.15) is 0 Å². The van der Waals surface area contributed by atoms with Crippen LogP contribution >= 0.6 is 0 Å². The summed E-state index contributed by atoms with van der Waals surface area (Å²) in [5, 5.41) is 7.30. The highest BCUT2D eigenvalue weighted by Gasteiger charge is 2.16. The third-order valence-corrected chi connectivity index (χ3v) is 10.5. The molecule has 11 aromatic rings. The van der Waals surface area contributed by atoms with Gasteiger partial charge >= 0.3 is 0 Å². The van der Waals surface area contributed by atoms with Gasteiger partial charge in [0.25, 0.3) is 0 Å². The second-order valence-electron chi connectivity index (χ2n) is 13.4. The summed E-state index contributed by atoms with van der Waals surface area (Å²) in [7, 11) is 0. The lowest BCUT2D eigenvalue weighted by Gasteiger charge is -2.11. The predicted octanol–water partition coefficient (Wildman–Crippen LogP) is 13.1. The summed E-state index contributed by atoms with van der Waals surface area (Å²) in [6.45, 7) is 0. The van der Waals surface area contributed by atoms with Crippen molar-refractivity contribution in [3.8, 4) is 33.6 Å². The molecule has 51 heavy (non-hydrogen) atoms. The van der Waals surface area contributed by atoms with Crippen LogP contribution in [0.25, 0.3) is 99.2 Å². The standard InChI is InChI=1S/C48H30N2O/c1-2-10-35(11-3-1)49-43-15-7-4-12-37(43)40-28-32(20-25-45(40)49)31-18-23-36(24-19-31)50-44-16-8-5-13-38(44)41-29-33(21-26-46(41)50)34-22-27-48-42(30-34)39-14-6-9-17-47(39)51-48/h1-30H. The Morgan fingerprint density at radius 3 is 1.35 bits per heavy atom. The van der Waals surface area contributed by atoms with Crippen LogP contribution in [0.15, 0.2) is 186 Å². The van der Waals surface area contributed by atoms with Crippen molar-refractivity contribution in [2.24, 2.45) is 0 Å². The molecule has 0 aliphatic heterocycles. The molecule has 3 nitrogen and oxygen atoms in total. The van der Waals surface area contributed by atoms with Crippen LogP contribution in [0.2, 0.25) is 0 Å². The maximum Gasteiger partial charge on any atom is 0.135 e. The maximum absolute atomic E-state index is 6.11. The van der Waals surface area contributed by atoms with Crippen LogP contribution in [0, 0.1) is 0 Å². The summed E-state index contributed by atoms with van der Waals surface area (Å²) >= 11 is 0. The smallest absolute Gasteiger partial charge is 0.135 e. The monoisotopic (exact) mass is 650 g/mol. The van der Waals surface area contributed by atoms with Gasteiger partial charge < -0.3 is 13.6 Å². The van der Waals surface area contributed by atoms with Gasteiger partial charge in [-0.3, -0.25) is 0 Å². The average Bonchev–Trinajstić information content (AvgIpc) is 3.85. The van der Waals surface area contributed by atoms with E-state index in [-0.39, 0.29) is 0 Å². The van der Waals surface area contributed by atoms with E-state index in [9.17, 15) is 0 Å². The first kappa shape index (κ1) is 28.0. The van der Waals surface area contributed by atoms with Crippen LogP contribution in [0.3, 0.4) is 0 Å². The van der Waals surface area contributed by atoms with E-state index in [1.54, 1.807) is 0 Å². The highest BCUT2D eigenvalue weighted by molar-refractivity contribution is 6.12. The Balaban J connectivity index is 1.01. The van der Waals surface area contributed by atoms with Gasteiger partial charge in [0.2, 0.25) is 0 Å². The summed E-state index contributed by atoms with van der Waals surface area (Å²) in [6, 6.07) is 65.6. The minimum Gasteiger partial charge on any atom is -0.456 e. The number of furan rings is 1. The van der Waals surface area contributed by atoms with Crippen LogP contribution in [-0.2, 0) is 0 Å². The third-order valence-electron chi connectivity index (χ3n) is 10.5. The van der Waals surface area contributed by atoms with E-state index < -0.39 is 0 Å². The Labute approximate surface area is 293 Å². The normalized spacial score (nSPS) is 11.9. The highest BCUT2D eigenvalue weighted by Crippen LogP contribution is 2.39. The number of hydrogen-bond acceptors (Lipinski definition) is 1. The molecule has 0 atom stereocenters. The predicted molar refractivity (Wildman–Crippen MR) is 213 cm³/mol. The van der Waals surface area contributed by atoms with Gasteiger partial charge in [0.15, 0.2) is 0 Å². The first-order valence-electron chi connectivity index (χ1n) is 17.4. The zero-order valence-electron chi connectivity index (χ0n) is 27.6. The molecular formula is C48H30N2O. The maximum atomic E-state index is 6.11. The number of hydrogen-bond donors (Lipinski definition) is 0. The molecule has 0 spiro atoms. The Kier molecular flexibility index (Phi) is 5.96. The number of para-hydroxylation sites is 4. The lowest BCUT2D eigenvalue weighted by molar-refractivity contribution is 0.669. The lowest BCUT2D eigenvalue weighted by atomic mass is 10.0. The van der Waals surface area contributed by atoms with Gasteiger partial charge in [0.05, 0.1) is 22.1 Å². The lowest BCUT2D eigenvalue weighted by Crippen LogP contribution is -1.94. The molecule has 11 rings (SSSR count). The quantitative estimate of drug-likeness (QED) is 0.186.